The van der Waals surface area contributed by atoms with Gasteiger partial charge in [0.2, 0.25) is 6.29 Å². The second kappa shape index (κ2) is 8.03. The van der Waals surface area contributed by atoms with Crippen LogP contribution in [0.15, 0.2) is 48.5 Å². The van der Waals surface area contributed by atoms with Crippen LogP contribution in [0.2, 0.25) is 0 Å². The van der Waals surface area contributed by atoms with Crippen molar-refractivity contribution in [2.24, 2.45) is 0 Å². The lowest BCUT2D eigenvalue weighted by molar-refractivity contribution is -0.277. The zero-order valence-electron chi connectivity index (χ0n) is 14.2. The highest BCUT2D eigenvalue weighted by molar-refractivity contribution is 5.89. The van der Waals surface area contributed by atoms with Crippen LogP contribution in [-0.2, 0) is 4.74 Å². The van der Waals surface area contributed by atoms with E-state index in [1.807, 2.05) is 0 Å². The molecule has 1 heterocycles. The lowest BCUT2D eigenvalue weighted by Crippen LogP contribution is -2.60. The van der Waals surface area contributed by atoms with Crippen LogP contribution in [0.1, 0.15) is 10.4 Å². The number of hydrogen-bond donors (Lipinski definition) is 5. The van der Waals surface area contributed by atoms with Gasteiger partial charge in [-0.05, 0) is 23.8 Å². The van der Waals surface area contributed by atoms with Gasteiger partial charge >= 0.3 is 5.97 Å². The van der Waals surface area contributed by atoms with E-state index in [0.29, 0.717) is 11.1 Å². The Hall–Kier alpha value is -2.49. The average Bonchev–Trinajstić information content (AvgIpc) is 2.69. The summed E-state index contributed by atoms with van der Waals surface area (Å²) in [5.41, 5.74) is 1.24. The summed E-state index contributed by atoms with van der Waals surface area (Å²) in [6.45, 7) is -0.562. The molecule has 8 heteroatoms. The first kappa shape index (κ1) is 19.3. The number of hydrogen-bond acceptors (Lipinski definition) is 7. The molecule has 0 bridgehead atoms. The van der Waals surface area contributed by atoms with Crippen molar-refractivity contribution < 1.29 is 39.8 Å². The van der Waals surface area contributed by atoms with Crippen molar-refractivity contribution in [3.8, 4) is 16.9 Å². The highest BCUT2D eigenvalue weighted by atomic mass is 16.7. The summed E-state index contributed by atoms with van der Waals surface area (Å²) in [5.74, 6) is -0.784. The Morgan fingerprint density at radius 2 is 1.74 bits per heavy atom. The molecule has 2 aromatic carbocycles. The number of ether oxygens (including phenoxy) is 2. The highest BCUT2D eigenvalue weighted by Gasteiger charge is 2.44. The molecule has 0 aromatic heterocycles. The van der Waals surface area contributed by atoms with Gasteiger partial charge in [0.15, 0.2) is 0 Å². The first-order valence-corrected chi connectivity index (χ1v) is 8.32. The summed E-state index contributed by atoms with van der Waals surface area (Å²) < 4.78 is 11.1. The molecule has 2 aromatic rings. The molecule has 5 N–H and O–H groups in total. The predicted molar refractivity (Wildman–Crippen MR) is 93.2 cm³/mol. The van der Waals surface area contributed by atoms with Crippen molar-refractivity contribution in [1.82, 2.24) is 0 Å². The van der Waals surface area contributed by atoms with Crippen molar-refractivity contribution in [1.29, 1.82) is 0 Å². The maximum absolute atomic E-state index is 11.2. The zero-order valence-corrected chi connectivity index (χ0v) is 14.2. The first-order chi connectivity index (χ1) is 12.9. The van der Waals surface area contributed by atoms with E-state index in [2.05, 4.69) is 0 Å². The van der Waals surface area contributed by atoms with Crippen molar-refractivity contribution in [3.63, 3.8) is 0 Å². The van der Waals surface area contributed by atoms with E-state index in [4.69, 9.17) is 9.47 Å². The summed E-state index contributed by atoms with van der Waals surface area (Å²) in [5, 5.41) is 48.3. The van der Waals surface area contributed by atoms with Crippen LogP contribution in [-0.4, -0.2) is 68.8 Å². The van der Waals surface area contributed by atoms with Crippen molar-refractivity contribution in [2.45, 2.75) is 30.7 Å². The monoisotopic (exact) mass is 376 g/mol. The maximum atomic E-state index is 11.2. The van der Waals surface area contributed by atoms with E-state index < -0.39 is 43.3 Å². The molecule has 0 radical (unpaired) electrons. The number of para-hydroxylation sites is 1. The van der Waals surface area contributed by atoms with Gasteiger partial charge in [0, 0.05) is 5.56 Å². The van der Waals surface area contributed by atoms with Crippen LogP contribution in [0.3, 0.4) is 0 Å². The molecule has 5 atom stereocenters. The molecule has 144 valence electrons. The molecule has 3 rings (SSSR count). The molecule has 8 nitrogen and oxygen atoms in total. The fourth-order valence-electron chi connectivity index (χ4n) is 2.92. The minimum Gasteiger partial charge on any atom is -0.478 e. The van der Waals surface area contributed by atoms with Crippen LogP contribution >= 0.6 is 0 Å². The molecule has 0 amide bonds. The SMILES string of the molecule is O=C(O)c1cccc(-c2ccccc2OC2OC(CO)C(O)C(O)C2O)c1. The predicted octanol–water partition coefficient (Wildman–Crippen LogP) is 0.230. The smallest absolute Gasteiger partial charge is 0.335 e. The summed E-state index contributed by atoms with van der Waals surface area (Å²) in [6, 6.07) is 13.0. The Bertz CT molecular complexity index is 806. The van der Waals surface area contributed by atoms with Gasteiger partial charge in [-0.15, -0.1) is 0 Å². The third kappa shape index (κ3) is 3.95. The second-order valence-electron chi connectivity index (χ2n) is 6.20. The fraction of sp³-hybridized carbons (Fsp3) is 0.316. The average molecular weight is 376 g/mol. The van der Waals surface area contributed by atoms with Gasteiger partial charge in [-0.1, -0.05) is 30.3 Å². The minimum absolute atomic E-state index is 0.107. The van der Waals surface area contributed by atoms with E-state index in [1.54, 1.807) is 36.4 Å². The van der Waals surface area contributed by atoms with Gasteiger partial charge in [0.25, 0.3) is 0 Å². The number of aromatic carboxylic acids is 1. The Morgan fingerprint density at radius 1 is 1.00 bits per heavy atom. The maximum Gasteiger partial charge on any atom is 0.335 e. The molecule has 0 saturated carbocycles. The molecule has 1 saturated heterocycles. The van der Waals surface area contributed by atoms with E-state index in [9.17, 15) is 30.3 Å². The molecule has 27 heavy (non-hydrogen) atoms. The lowest BCUT2D eigenvalue weighted by Gasteiger charge is -2.39. The number of carbonyl (C=O) groups is 1. The summed E-state index contributed by atoms with van der Waals surface area (Å²) in [7, 11) is 0. The van der Waals surface area contributed by atoms with Crippen LogP contribution in [0.4, 0.5) is 0 Å². The molecule has 0 spiro atoms. The number of rotatable bonds is 5. The molecule has 1 aliphatic heterocycles. The number of carboxylic acid groups (broad SMARTS) is 1. The van der Waals surface area contributed by atoms with Gasteiger partial charge < -0.3 is 35.0 Å². The van der Waals surface area contributed by atoms with Crippen LogP contribution in [0.5, 0.6) is 5.75 Å². The van der Waals surface area contributed by atoms with Gasteiger partial charge in [-0.2, -0.15) is 0 Å². The first-order valence-electron chi connectivity index (χ1n) is 8.32. The van der Waals surface area contributed by atoms with Gasteiger partial charge in [-0.3, -0.25) is 0 Å². The van der Waals surface area contributed by atoms with Crippen molar-refractivity contribution >= 4 is 5.97 Å². The number of aliphatic hydroxyl groups excluding tert-OH is 4. The normalized spacial score (nSPS) is 27.9. The number of carboxylic acids is 1. The Balaban J connectivity index is 1.90. The van der Waals surface area contributed by atoms with Crippen molar-refractivity contribution in [2.75, 3.05) is 6.61 Å². The van der Waals surface area contributed by atoms with Crippen LogP contribution in [0.25, 0.3) is 11.1 Å². The van der Waals surface area contributed by atoms with Crippen LogP contribution < -0.4 is 4.74 Å². The van der Waals surface area contributed by atoms with Crippen LogP contribution in [0, 0.1) is 0 Å². The van der Waals surface area contributed by atoms with E-state index in [-0.39, 0.29) is 11.3 Å². The molecule has 1 aliphatic rings. The largest absolute Gasteiger partial charge is 0.478 e. The molecule has 1 fully saturated rings. The summed E-state index contributed by atoms with van der Waals surface area (Å²) >= 11 is 0. The van der Waals surface area contributed by atoms with E-state index >= 15 is 0 Å². The summed E-state index contributed by atoms with van der Waals surface area (Å²) in [4.78, 5) is 11.2. The summed E-state index contributed by atoms with van der Waals surface area (Å²) in [6.07, 6.45) is -6.99. The number of aliphatic hydroxyl groups is 4. The minimum atomic E-state index is -1.55. The fourth-order valence-corrected chi connectivity index (χ4v) is 2.92. The Kier molecular flexibility index (Phi) is 5.73. The van der Waals surface area contributed by atoms with E-state index in [1.165, 1.54) is 12.1 Å². The lowest BCUT2D eigenvalue weighted by atomic mass is 9.99. The van der Waals surface area contributed by atoms with Gasteiger partial charge in [0.1, 0.15) is 30.2 Å². The number of benzene rings is 2. The third-order valence-corrected chi connectivity index (χ3v) is 4.40. The van der Waals surface area contributed by atoms with Gasteiger partial charge in [0.05, 0.1) is 12.2 Å². The Morgan fingerprint density at radius 3 is 2.44 bits per heavy atom. The van der Waals surface area contributed by atoms with Gasteiger partial charge in [-0.25, -0.2) is 4.79 Å². The van der Waals surface area contributed by atoms with E-state index in [0.717, 1.165) is 0 Å². The molecule has 5 unspecified atom stereocenters. The molecular weight excluding hydrogens is 356 g/mol. The second-order valence-corrected chi connectivity index (χ2v) is 6.20. The zero-order chi connectivity index (χ0) is 19.6. The topological polar surface area (TPSA) is 137 Å². The third-order valence-electron chi connectivity index (χ3n) is 4.40. The molecular formula is C19H20O8. The standard InChI is InChI=1S/C19H20O8/c20-9-14-15(21)16(22)17(23)19(27-14)26-13-7-2-1-6-12(13)10-4-3-5-11(8-10)18(24)25/h1-8,14-17,19-23H,9H2,(H,24,25). The quantitative estimate of drug-likeness (QED) is 0.500. The highest BCUT2D eigenvalue weighted by Crippen LogP contribution is 2.33. The van der Waals surface area contributed by atoms with Crippen molar-refractivity contribution in [3.05, 3.63) is 54.1 Å². The molecule has 0 aliphatic carbocycles. The Labute approximate surface area is 154 Å².